The van der Waals surface area contributed by atoms with Gasteiger partial charge < -0.3 is 10.1 Å². The van der Waals surface area contributed by atoms with E-state index < -0.39 is 10.0 Å². The first-order valence-corrected chi connectivity index (χ1v) is 10.2. The number of rotatable bonds is 9. The van der Waals surface area contributed by atoms with Crippen LogP contribution < -0.4 is 5.32 Å². The standard InChI is InChI=1S/C17H27N3O4S/c1-20(25(22,23)16-9-5-10-18-13-16)14-17(21)19-11-6-12-24-15-7-3-2-4-8-15/h5,9-10,13,15H,2-4,6-8,11-12,14H2,1H3,(H,19,21). The molecule has 0 radical (unpaired) electrons. The average molecular weight is 369 g/mol. The summed E-state index contributed by atoms with van der Waals surface area (Å²) in [5.74, 6) is -0.326. The molecule has 1 saturated carbocycles. The molecule has 8 heteroatoms. The van der Waals surface area contributed by atoms with Crippen LogP contribution in [-0.4, -0.2) is 56.5 Å². The number of sulfonamides is 1. The number of carbonyl (C=O) groups is 1. The lowest BCUT2D eigenvalue weighted by Crippen LogP contribution is -2.38. The van der Waals surface area contributed by atoms with Gasteiger partial charge in [-0.2, -0.15) is 4.31 Å². The van der Waals surface area contributed by atoms with Crippen molar-refractivity contribution in [2.45, 2.75) is 49.5 Å². The molecule has 1 fully saturated rings. The van der Waals surface area contributed by atoms with Gasteiger partial charge in [0.1, 0.15) is 4.90 Å². The van der Waals surface area contributed by atoms with Gasteiger partial charge in [0.25, 0.3) is 0 Å². The minimum absolute atomic E-state index is 0.0752. The first-order chi connectivity index (χ1) is 12.0. The molecule has 0 spiro atoms. The number of ether oxygens (including phenoxy) is 1. The molecule has 140 valence electrons. The minimum atomic E-state index is -3.70. The average Bonchev–Trinajstić information content (AvgIpc) is 2.63. The summed E-state index contributed by atoms with van der Waals surface area (Å²) in [4.78, 5) is 15.8. The number of carbonyl (C=O) groups excluding carboxylic acids is 1. The molecule has 7 nitrogen and oxygen atoms in total. The third-order valence-corrected chi connectivity index (χ3v) is 6.04. The highest BCUT2D eigenvalue weighted by Crippen LogP contribution is 2.20. The first kappa shape index (κ1) is 19.8. The monoisotopic (exact) mass is 369 g/mol. The molecule has 1 heterocycles. The molecule has 1 aliphatic rings. The molecule has 0 unspecified atom stereocenters. The summed E-state index contributed by atoms with van der Waals surface area (Å²) in [6.07, 6.45) is 9.88. The van der Waals surface area contributed by atoms with Crippen molar-refractivity contribution in [3.63, 3.8) is 0 Å². The zero-order valence-corrected chi connectivity index (χ0v) is 15.5. The van der Waals surface area contributed by atoms with E-state index in [4.69, 9.17) is 4.74 Å². The summed E-state index contributed by atoms with van der Waals surface area (Å²) in [6, 6.07) is 3.01. The Bertz CT molecular complexity index is 631. The number of hydrogen-bond acceptors (Lipinski definition) is 5. The number of likely N-dealkylation sites (N-methyl/N-ethyl adjacent to an activating group) is 1. The second kappa shape index (κ2) is 9.84. The predicted octanol–water partition coefficient (Wildman–Crippen LogP) is 1.56. The van der Waals surface area contributed by atoms with Crippen molar-refractivity contribution < 1.29 is 17.9 Å². The van der Waals surface area contributed by atoms with Crippen LogP contribution in [0.2, 0.25) is 0 Å². The van der Waals surface area contributed by atoms with Crippen LogP contribution in [0.15, 0.2) is 29.4 Å². The van der Waals surface area contributed by atoms with E-state index in [0.717, 1.165) is 23.6 Å². The van der Waals surface area contributed by atoms with Gasteiger partial charge >= 0.3 is 0 Å². The SMILES string of the molecule is CN(CC(=O)NCCCOC1CCCCC1)S(=O)(=O)c1cccnc1. The topological polar surface area (TPSA) is 88.6 Å². The normalized spacial score (nSPS) is 16.1. The largest absolute Gasteiger partial charge is 0.378 e. The van der Waals surface area contributed by atoms with Gasteiger partial charge in [0.2, 0.25) is 15.9 Å². The lowest BCUT2D eigenvalue weighted by atomic mass is 9.98. The Morgan fingerprint density at radius 2 is 2.12 bits per heavy atom. The van der Waals surface area contributed by atoms with E-state index in [-0.39, 0.29) is 17.3 Å². The zero-order chi connectivity index (χ0) is 18.1. The molecule has 0 aromatic carbocycles. The Morgan fingerprint density at radius 3 is 2.80 bits per heavy atom. The number of hydrogen-bond donors (Lipinski definition) is 1. The molecule has 0 bridgehead atoms. The summed E-state index contributed by atoms with van der Waals surface area (Å²) in [5, 5.41) is 2.73. The Kier molecular flexibility index (Phi) is 7.80. The fraction of sp³-hybridized carbons (Fsp3) is 0.647. The molecule has 25 heavy (non-hydrogen) atoms. The van der Waals surface area contributed by atoms with Crippen LogP contribution in [0.3, 0.4) is 0 Å². The molecular formula is C17H27N3O4S. The van der Waals surface area contributed by atoms with Gasteiger partial charge in [-0.15, -0.1) is 0 Å². The van der Waals surface area contributed by atoms with E-state index in [9.17, 15) is 13.2 Å². The van der Waals surface area contributed by atoms with Crippen molar-refractivity contribution >= 4 is 15.9 Å². The number of nitrogens with one attached hydrogen (secondary N) is 1. The maximum absolute atomic E-state index is 12.3. The van der Waals surface area contributed by atoms with Gasteiger partial charge in [0, 0.05) is 32.6 Å². The highest BCUT2D eigenvalue weighted by molar-refractivity contribution is 7.89. The van der Waals surface area contributed by atoms with Crippen molar-refractivity contribution in [2.75, 3.05) is 26.7 Å². The second-order valence-electron chi connectivity index (χ2n) is 6.28. The van der Waals surface area contributed by atoms with Gasteiger partial charge in [0.15, 0.2) is 0 Å². The van der Waals surface area contributed by atoms with Crippen LogP contribution in [0.5, 0.6) is 0 Å². The van der Waals surface area contributed by atoms with Gasteiger partial charge in [-0.25, -0.2) is 8.42 Å². The molecular weight excluding hydrogens is 342 g/mol. The molecule has 1 aliphatic carbocycles. The van der Waals surface area contributed by atoms with Gasteiger partial charge in [-0.3, -0.25) is 9.78 Å². The van der Waals surface area contributed by atoms with Crippen molar-refractivity contribution in [2.24, 2.45) is 0 Å². The van der Waals surface area contributed by atoms with Gasteiger partial charge in [0.05, 0.1) is 12.6 Å². The molecule has 1 aromatic heterocycles. The van der Waals surface area contributed by atoms with E-state index in [2.05, 4.69) is 10.3 Å². The van der Waals surface area contributed by atoms with E-state index in [0.29, 0.717) is 19.3 Å². The maximum Gasteiger partial charge on any atom is 0.244 e. The van der Waals surface area contributed by atoms with Crippen LogP contribution in [0.1, 0.15) is 38.5 Å². The lowest BCUT2D eigenvalue weighted by Gasteiger charge is -2.22. The smallest absolute Gasteiger partial charge is 0.244 e. The van der Waals surface area contributed by atoms with E-state index in [1.165, 1.54) is 44.8 Å². The fourth-order valence-electron chi connectivity index (χ4n) is 2.80. The van der Waals surface area contributed by atoms with E-state index in [1.54, 1.807) is 6.07 Å². The molecule has 0 atom stereocenters. The Hall–Kier alpha value is -1.51. The van der Waals surface area contributed by atoms with E-state index >= 15 is 0 Å². The van der Waals surface area contributed by atoms with E-state index in [1.807, 2.05) is 0 Å². The summed E-state index contributed by atoms with van der Waals surface area (Å²) in [6.45, 7) is 0.877. The van der Waals surface area contributed by atoms with Crippen molar-refractivity contribution in [3.05, 3.63) is 24.5 Å². The van der Waals surface area contributed by atoms with Crippen LogP contribution in [-0.2, 0) is 19.6 Å². The fourth-order valence-corrected chi connectivity index (χ4v) is 3.90. The number of pyridine rings is 1. The van der Waals surface area contributed by atoms with Crippen LogP contribution in [0, 0.1) is 0 Å². The highest BCUT2D eigenvalue weighted by Gasteiger charge is 2.22. The van der Waals surface area contributed by atoms with Crippen LogP contribution in [0.4, 0.5) is 0 Å². The van der Waals surface area contributed by atoms with Gasteiger partial charge in [-0.1, -0.05) is 19.3 Å². The number of amides is 1. The van der Waals surface area contributed by atoms with Crippen molar-refractivity contribution in [1.29, 1.82) is 0 Å². The Labute approximate surface area is 149 Å². The quantitative estimate of drug-likeness (QED) is 0.667. The molecule has 0 aliphatic heterocycles. The van der Waals surface area contributed by atoms with Crippen LogP contribution in [0.25, 0.3) is 0 Å². The zero-order valence-electron chi connectivity index (χ0n) is 14.7. The highest BCUT2D eigenvalue weighted by atomic mass is 32.2. The molecule has 1 amide bonds. The van der Waals surface area contributed by atoms with Crippen LogP contribution >= 0.6 is 0 Å². The summed E-state index contributed by atoms with van der Waals surface area (Å²) < 4.78 is 31.4. The summed E-state index contributed by atoms with van der Waals surface area (Å²) in [5.41, 5.74) is 0. The Morgan fingerprint density at radius 1 is 1.36 bits per heavy atom. The maximum atomic E-state index is 12.3. The summed E-state index contributed by atoms with van der Waals surface area (Å²) >= 11 is 0. The number of nitrogens with zero attached hydrogens (tertiary/aromatic N) is 2. The Balaban J connectivity index is 1.65. The van der Waals surface area contributed by atoms with Crippen molar-refractivity contribution in [3.8, 4) is 0 Å². The lowest BCUT2D eigenvalue weighted by molar-refractivity contribution is -0.121. The minimum Gasteiger partial charge on any atom is -0.378 e. The summed E-state index contributed by atoms with van der Waals surface area (Å²) in [7, 11) is -2.32. The molecule has 2 rings (SSSR count). The molecule has 0 saturated heterocycles. The third-order valence-electron chi connectivity index (χ3n) is 4.26. The first-order valence-electron chi connectivity index (χ1n) is 8.75. The van der Waals surface area contributed by atoms with Gasteiger partial charge in [-0.05, 0) is 31.4 Å². The molecule has 1 aromatic rings. The number of aromatic nitrogens is 1. The second-order valence-corrected chi connectivity index (χ2v) is 8.33. The van der Waals surface area contributed by atoms with Crippen molar-refractivity contribution in [1.82, 2.24) is 14.6 Å². The predicted molar refractivity (Wildman–Crippen MR) is 94.5 cm³/mol. The molecule has 1 N–H and O–H groups in total. The third kappa shape index (κ3) is 6.37.